The minimum absolute atomic E-state index is 0.116. The van der Waals surface area contributed by atoms with Gasteiger partial charge in [0.15, 0.2) is 18.1 Å². The second kappa shape index (κ2) is 7.56. The van der Waals surface area contributed by atoms with Crippen LogP contribution in [0.5, 0.6) is 17.2 Å². The van der Waals surface area contributed by atoms with Gasteiger partial charge in [0, 0.05) is 16.8 Å². The normalized spacial score (nSPS) is 9.95. The van der Waals surface area contributed by atoms with Crippen molar-refractivity contribution in [1.29, 1.82) is 0 Å². The van der Waals surface area contributed by atoms with Crippen molar-refractivity contribution in [3.63, 3.8) is 0 Å². The Morgan fingerprint density at radius 2 is 1.86 bits per heavy atom. The molecule has 0 heterocycles. The first-order chi connectivity index (χ1) is 10.6. The van der Waals surface area contributed by atoms with Crippen molar-refractivity contribution in [2.75, 3.05) is 26.1 Å². The molecular weight excluding hydrogens is 306 g/mol. The maximum atomic E-state index is 11.9. The van der Waals surface area contributed by atoms with E-state index in [1.165, 1.54) is 7.11 Å². The summed E-state index contributed by atoms with van der Waals surface area (Å²) in [5, 5.41) is 3.27. The lowest BCUT2D eigenvalue weighted by Crippen LogP contribution is -2.20. The number of hydrogen-bond donors (Lipinski definition) is 1. The molecule has 116 valence electrons. The van der Waals surface area contributed by atoms with Gasteiger partial charge in [0.25, 0.3) is 5.91 Å². The van der Waals surface area contributed by atoms with Crippen LogP contribution in [0.15, 0.2) is 42.5 Å². The van der Waals surface area contributed by atoms with E-state index in [0.717, 1.165) is 0 Å². The zero-order chi connectivity index (χ0) is 15.9. The van der Waals surface area contributed by atoms with Crippen LogP contribution in [0.1, 0.15) is 0 Å². The lowest BCUT2D eigenvalue weighted by atomic mass is 10.2. The Morgan fingerprint density at radius 3 is 2.55 bits per heavy atom. The lowest BCUT2D eigenvalue weighted by molar-refractivity contribution is -0.118. The van der Waals surface area contributed by atoms with Gasteiger partial charge in [-0.25, -0.2) is 0 Å². The molecule has 2 rings (SSSR count). The summed E-state index contributed by atoms with van der Waals surface area (Å²) < 4.78 is 15.7. The van der Waals surface area contributed by atoms with E-state index in [1.807, 2.05) is 0 Å². The number of benzene rings is 2. The molecule has 0 atom stereocenters. The molecule has 0 radical (unpaired) electrons. The lowest BCUT2D eigenvalue weighted by Gasteiger charge is -2.11. The molecule has 1 amide bonds. The third-order valence-electron chi connectivity index (χ3n) is 2.83. The Labute approximate surface area is 133 Å². The Morgan fingerprint density at radius 1 is 1.09 bits per heavy atom. The molecule has 0 bridgehead atoms. The zero-order valence-electron chi connectivity index (χ0n) is 12.3. The second-order valence-corrected chi connectivity index (χ2v) is 4.80. The molecule has 0 aliphatic rings. The number of ether oxygens (including phenoxy) is 3. The molecule has 0 unspecified atom stereocenters. The molecule has 0 saturated carbocycles. The highest BCUT2D eigenvalue weighted by atomic mass is 35.5. The molecule has 6 heteroatoms. The maximum Gasteiger partial charge on any atom is 0.262 e. The highest BCUT2D eigenvalue weighted by Crippen LogP contribution is 2.29. The Bertz CT molecular complexity index is 660. The zero-order valence-corrected chi connectivity index (χ0v) is 13.0. The summed E-state index contributed by atoms with van der Waals surface area (Å²) in [7, 11) is 3.08. The van der Waals surface area contributed by atoms with Crippen LogP contribution >= 0.6 is 11.6 Å². The van der Waals surface area contributed by atoms with Crippen LogP contribution < -0.4 is 19.5 Å². The molecule has 0 aromatic heterocycles. The number of anilines is 1. The van der Waals surface area contributed by atoms with Gasteiger partial charge in [-0.05, 0) is 30.3 Å². The number of hydrogen-bond acceptors (Lipinski definition) is 4. The van der Waals surface area contributed by atoms with E-state index in [4.69, 9.17) is 25.8 Å². The number of carbonyl (C=O) groups is 1. The number of halogens is 1. The Kier molecular flexibility index (Phi) is 5.49. The Hall–Kier alpha value is -2.40. The third kappa shape index (κ3) is 4.30. The first kappa shape index (κ1) is 16.0. The number of nitrogens with one attached hydrogen (secondary N) is 1. The van der Waals surface area contributed by atoms with Gasteiger partial charge < -0.3 is 19.5 Å². The van der Waals surface area contributed by atoms with E-state index in [1.54, 1.807) is 49.6 Å². The van der Waals surface area contributed by atoms with Gasteiger partial charge in [-0.15, -0.1) is 0 Å². The molecule has 2 aromatic carbocycles. The monoisotopic (exact) mass is 321 g/mol. The fourth-order valence-electron chi connectivity index (χ4n) is 1.82. The summed E-state index contributed by atoms with van der Waals surface area (Å²) >= 11 is 5.85. The molecule has 0 spiro atoms. The summed E-state index contributed by atoms with van der Waals surface area (Å²) in [6.45, 7) is -0.116. The van der Waals surface area contributed by atoms with Crippen molar-refractivity contribution < 1.29 is 19.0 Å². The average molecular weight is 322 g/mol. The summed E-state index contributed by atoms with van der Waals surface area (Å²) in [4.78, 5) is 11.9. The standard InChI is InChI=1S/C16H16ClNO4/c1-20-14-7-6-12(9-15(14)21-2)18-16(19)10-22-13-5-3-4-11(17)8-13/h3-9H,10H2,1-2H3,(H,18,19). The summed E-state index contributed by atoms with van der Waals surface area (Å²) in [6.07, 6.45) is 0. The van der Waals surface area contributed by atoms with Crippen LogP contribution in [-0.4, -0.2) is 26.7 Å². The maximum absolute atomic E-state index is 11.9. The highest BCUT2D eigenvalue weighted by molar-refractivity contribution is 6.30. The van der Waals surface area contributed by atoms with Gasteiger partial charge >= 0.3 is 0 Å². The number of amides is 1. The van der Waals surface area contributed by atoms with Crippen molar-refractivity contribution >= 4 is 23.2 Å². The predicted octanol–water partition coefficient (Wildman–Crippen LogP) is 3.37. The first-order valence-corrected chi connectivity index (χ1v) is 6.90. The highest BCUT2D eigenvalue weighted by Gasteiger charge is 2.08. The number of rotatable bonds is 6. The fourth-order valence-corrected chi connectivity index (χ4v) is 2.00. The van der Waals surface area contributed by atoms with Crippen LogP contribution in [0, 0.1) is 0 Å². The minimum atomic E-state index is -0.285. The SMILES string of the molecule is COc1ccc(NC(=O)COc2cccc(Cl)c2)cc1OC. The van der Waals surface area contributed by atoms with Gasteiger partial charge in [0.2, 0.25) is 0 Å². The van der Waals surface area contributed by atoms with Gasteiger partial charge in [-0.3, -0.25) is 4.79 Å². The smallest absolute Gasteiger partial charge is 0.262 e. The van der Waals surface area contributed by atoms with E-state index in [-0.39, 0.29) is 12.5 Å². The van der Waals surface area contributed by atoms with E-state index >= 15 is 0 Å². The second-order valence-electron chi connectivity index (χ2n) is 4.36. The van der Waals surface area contributed by atoms with Crippen LogP contribution in [0.4, 0.5) is 5.69 Å². The quantitative estimate of drug-likeness (QED) is 0.886. The fraction of sp³-hybridized carbons (Fsp3) is 0.188. The molecule has 1 N–H and O–H groups in total. The van der Waals surface area contributed by atoms with Crippen molar-refractivity contribution in [2.45, 2.75) is 0 Å². The van der Waals surface area contributed by atoms with Crippen molar-refractivity contribution in [1.82, 2.24) is 0 Å². The summed E-state index contributed by atoms with van der Waals surface area (Å²) in [5.74, 6) is 1.38. The largest absolute Gasteiger partial charge is 0.493 e. The third-order valence-corrected chi connectivity index (χ3v) is 3.07. The average Bonchev–Trinajstić information content (AvgIpc) is 2.53. The van der Waals surface area contributed by atoms with Gasteiger partial charge in [0.1, 0.15) is 5.75 Å². The topological polar surface area (TPSA) is 56.8 Å². The van der Waals surface area contributed by atoms with Crippen LogP contribution in [0.2, 0.25) is 5.02 Å². The molecular formula is C16H16ClNO4. The molecule has 0 fully saturated rings. The Balaban J connectivity index is 1.94. The molecule has 2 aromatic rings. The molecule has 0 aliphatic heterocycles. The van der Waals surface area contributed by atoms with Crippen LogP contribution in [0.3, 0.4) is 0 Å². The molecule has 0 aliphatic carbocycles. The van der Waals surface area contributed by atoms with E-state index in [2.05, 4.69) is 5.32 Å². The van der Waals surface area contributed by atoms with Crippen molar-refractivity contribution in [3.8, 4) is 17.2 Å². The summed E-state index contributed by atoms with van der Waals surface area (Å²) in [6, 6.07) is 12.0. The molecule has 0 saturated heterocycles. The molecule has 5 nitrogen and oxygen atoms in total. The van der Waals surface area contributed by atoms with E-state index in [0.29, 0.717) is 28.0 Å². The van der Waals surface area contributed by atoms with E-state index in [9.17, 15) is 4.79 Å². The van der Waals surface area contributed by atoms with Gasteiger partial charge in [-0.2, -0.15) is 0 Å². The van der Waals surface area contributed by atoms with Gasteiger partial charge in [-0.1, -0.05) is 17.7 Å². The number of carbonyl (C=O) groups excluding carboxylic acids is 1. The van der Waals surface area contributed by atoms with Crippen LogP contribution in [0.25, 0.3) is 0 Å². The van der Waals surface area contributed by atoms with Gasteiger partial charge in [0.05, 0.1) is 14.2 Å². The molecule has 22 heavy (non-hydrogen) atoms. The summed E-state index contributed by atoms with van der Waals surface area (Å²) in [5.41, 5.74) is 0.595. The van der Waals surface area contributed by atoms with E-state index < -0.39 is 0 Å². The number of methoxy groups -OCH3 is 2. The first-order valence-electron chi connectivity index (χ1n) is 6.52. The van der Waals surface area contributed by atoms with Crippen molar-refractivity contribution in [3.05, 3.63) is 47.5 Å². The van der Waals surface area contributed by atoms with Crippen LogP contribution in [-0.2, 0) is 4.79 Å². The van der Waals surface area contributed by atoms with Crippen molar-refractivity contribution in [2.24, 2.45) is 0 Å². The minimum Gasteiger partial charge on any atom is -0.493 e. The predicted molar refractivity (Wildman–Crippen MR) is 85.1 cm³/mol.